The lowest BCUT2D eigenvalue weighted by Crippen LogP contribution is -2.51. The zero-order chi connectivity index (χ0) is 22.4. The van der Waals surface area contributed by atoms with Gasteiger partial charge in [0.1, 0.15) is 6.10 Å². The fraction of sp³-hybridized carbons (Fsp3) is 0.852. The largest absolute Gasteiger partial charge is 0.469 e. The molecule has 3 fully saturated rings. The fourth-order valence-electron chi connectivity index (χ4n) is 8.59. The Balaban J connectivity index is 1.48. The van der Waals surface area contributed by atoms with Crippen LogP contribution >= 0.6 is 0 Å². The minimum Gasteiger partial charge on any atom is -0.469 e. The molecule has 0 radical (unpaired) electrons. The highest BCUT2D eigenvalue weighted by Crippen LogP contribution is 2.67. The third kappa shape index (κ3) is 3.97. The molecule has 31 heavy (non-hydrogen) atoms. The molecule has 8 atom stereocenters. The van der Waals surface area contributed by atoms with Crippen LogP contribution in [0.4, 0.5) is 0 Å². The van der Waals surface area contributed by atoms with Crippen LogP contribution in [0.15, 0.2) is 11.6 Å². The van der Waals surface area contributed by atoms with Gasteiger partial charge in [-0.3, -0.25) is 9.59 Å². The number of ether oxygens (including phenoxy) is 2. The van der Waals surface area contributed by atoms with Gasteiger partial charge in [-0.25, -0.2) is 0 Å². The van der Waals surface area contributed by atoms with Gasteiger partial charge in [0.05, 0.1) is 7.11 Å². The van der Waals surface area contributed by atoms with Gasteiger partial charge in [0, 0.05) is 19.8 Å². The molecule has 0 aliphatic heterocycles. The Bertz CT molecular complexity index is 742. The normalized spacial score (nSPS) is 42.5. The second-order valence-electron chi connectivity index (χ2n) is 11.6. The first-order valence-electron chi connectivity index (χ1n) is 12.6. The van der Waals surface area contributed by atoms with Gasteiger partial charge >= 0.3 is 11.9 Å². The van der Waals surface area contributed by atoms with Crippen molar-refractivity contribution in [2.45, 2.75) is 98.0 Å². The summed E-state index contributed by atoms with van der Waals surface area (Å²) >= 11 is 0. The van der Waals surface area contributed by atoms with E-state index in [2.05, 4.69) is 26.8 Å². The van der Waals surface area contributed by atoms with Crippen molar-refractivity contribution in [3.63, 3.8) is 0 Å². The van der Waals surface area contributed by atoms with E-state index in [1.54, 1.807) is 5.57 Å². The molecule has 4 aliphatic carbocycles. The molecule has 0 aromatic carbocycles. The van der Waals surface area contributed by atoms with Crippen molar-refractivity contribution in [3.05, 3.63) is 11.6 Å². The van der Waals surface area contributed by atoms with Crippen LogP contribution in [0.5, 0.6) is 0 Å². The Morgan fingerprint density at radius 2 is 1.90 bits per heavy atom. The van der Waals surface area contributed by atoms with Crippen molar-refractivity contribution in [2.75, 3.05) is 7.11 Å². The lowest BCUT2D eigenvalue weighted by Gasteiger charge is -2.58. The third-order valence-corrected chi connectivity index (χ3v) is 10.2. The molecule has 0 bridgehead atoms. The van der Waals surface area contributed by atoms with E-state index in [4.69, 9.17) is 9.47 Å². The van der Waals surface area contributed by atoms with Crippen molar-refractivity contribution in [1.82, 2.24) is 0 Å². The first-order chi connectivity index (χ1) is 14.7. The van der Waals surface area contributed by atoms with Crippen LogP contribution in [0, 0.1) is 40.4 Å². The number of hydrogen-bond donors (Lipinski definition) is 0. The van der Waals surface area contributed by atoms with E-state index in [1.807, 2.05) is 0 Å². The maximum atomic E-state index is 11.7. The molecule has 0 N–H and O–H groups in total. The number of carbonyl (C=O) groups is 2. The minimum absolute atomic E-state index is 0.0718. The van der Waals surface area contributed by atoms with E-state index in [9.17, 15) is 9.59 Å². The van der Waals surface area contributed by atoms with Crippen molar-refractivity contribution in [3.8, 4) is 0 Å². The minimum atomic E-state index is -0.144. The Kier molecular flexibility index (Phi) is 6.31. The highest BCUT2D eigenvalue weighted by Gasteiger charge is 2.59. The van der Waals surface area contributed by atoms with Crippen molar-refractivity contribution in [1.29, 1.82) is 0 Å². The summed E-state index contributed by atoms with van der Waals surface area (Å²) in [4.78, 5) is 23.1. The van der Waals surface area contributed by atoms with E-state index in [0.717, 1.165) is 49.4 Å². The molecule has 4 rings (SSSR count). The van der Waals surface area contributed by atoms with Crippen LogP contribution in [0.3, 0.4) is 0 Å². The molecule has 4 nitrogen and oxygen atoms in total. The Morgan fingerprint density at radius 1 is 1.13 bits per heavy atom. The lowest BCUT2D eigenvalue weighted by atomic mass is 9.47. The monoisotopic (exact) mass is 430 g/mol. The maximum absolute atomic E-state index is 11.7. The summed E-state index contributed by atoms with van der Waals surface area (Å²) < 4.78 is 10.5. The van der Waals surface area contributed by atoms with Gasteiger partial charge in [-0.2, -0.15) is 0 Å². The Hall–Kier alpha value is -1.32. The number of hydrogen-bond acceptors (Lipinski definition) is 4. The van der Waals surface area contributed by atoms with Gasteiger partial charge in [-0.1, -0.05) is 32.4 Å². The molecular formula is C27H42O4. The lowest BCUT2D eigenvalue weighted by molar-refractivity contribution is -0.148. The molecule has 0 amide bonds. The van der Waals surface area contributed by atoms with Gasteiger partial charge in [0.2, 0.25) is 0 Å². The van der Waals surface area contributed by atoms with Gasteiger partial charge in [0.25, 0.3) is 0 Å². The molecule has 0 heterocycles. The molecular weight excluding hydrogens is 388 g/mol. The standard InChI is InChI=1S/C27H42O4/c1-17(6-11-25(29)30-5)22-9-10-23-21-8-7-19-16-20(31-18(2)28)12-14-26(19,3)24(21)13-15-27(22,23)4/h7,17,20-24H,6,8-16H2,1-5H3/t17-,20-,21+,22-,23+,24+,26+,27-/m1/s1. The number of rotatable bonds is 5. The first kappa shape index (κ1) is 22.9. The number of fused-ring (bicyclic) bond motifs is 5. The molecule has 4 aliphatic rings. The molecule has 0 aromatic heterocycles. The summed E-state index contributed by atoms with van der Waals surface area (Å²) in [5.41, 5.74) is 2.26. The second kappa shape index (κ2) is 8.56. The van der Waals surface area contributed by atoms with Crippen molar-refractivity contribution in [2.24, 2.45) is 40.4 Å². The van der Waals surface area contributed by atoms with Crippen LogP contribution < -0.4 is 0 Å². The molecule has 0 aromatic rings. The first-order valence-corrected chi connectivity index (χ1v) is 12.6. The van der Waals surface area contributed by atoms with E-state index in [1.165, 1.54) is 46.1 Å². The van der Waals surface area contributed by atoms with Gasteiger partial charge in [0.15, 0.2) is 0 Å². The number of carbonyl (C=O) groups excluding carboxylic acids is 2. The van der Waals surface area contributed by atoms with E-state index in [-0.39, 0.29) is 23.5 Å². The number of allylic oxidation sites excluding steroid dienone is 1. The van der Waals surface area contributed by atoms with E-state index < -0.39 is 0 Å². The van der Waals surface area contributed by atoms with Crippen LogP contribution in [0.1, 0.15) is 91.9 Å². The van der Waals surface area contributed by atoms with Crippen LogP contribution in [0.25, 0.3) is 0 Å². The summed E-state index contributed by atoms with van der Waals surface area (Å²) in [6, 6.07) is 0. The molecule has 0 saturated heterocycles. The second-order valence-corrected chi connectivity index (χ2v) is 11.6. The zero-order valence-electron chi connectivity index (χ0n) is 20.2. The predicted molar refractivity (Wildman–Crippen MR) is 121 cm³/mol. The molecule has 0 spiro atoms. The predicted octanol–water partition coefficient (Wildman–Crippen LogP) is 6.09. The molecule has 174 valence electrons. The molecule has 0 unspecified atom stereocenters. The number of esters is 2. The number of methoxy groups -OCH3 is 1. The van der Waals surface area contributed by atoms with Crippen LogP contribution in [0.2, 0.25) is 0 Å². The van der Waals surface area contributed by atoms with Crippen LogP contribution in [-0.4, -0.2) is 25.2 Å². The SMILES string of the molecule is COC(=O)CC[C@@H](C)[C@H]1CC[C@H]2[C@@H]3CC=C4C[C@H](OC(C)=O)CC[C@]4(C)[C@H]3CC[C@]12C. The van der Waals surface area contributed by atoms with Crippen LogP contribution in [-0.2, 0) is 19.1 Å². The fourth-order valence-corrected chi connectivity index (χ4v) is 8.59. The highest BCUT2D eigenvalue weighted by molar-refractivity contribution is 5.69. The average Bonchev–Trinajstić information content (AvgIpc) is 3.09. The average molecular weight is 431 g/mol. The molecule has 4 heteroatoms. The Labute approximate surface area is 188 Å². The van der Waals surface area contributed by atoms with Crippen molar-refractivity contribution < 1.29 is 19.1 Å². The maximum Gasteiger partial charge on any atom is 0.305 e. The molecule has 3 saturated carbocycles. The van der Waals surface area contributed by atoms with Gasteiger partial charge in [-0.05, 0) is 91.8 Å². The third-order valence-electron chi connectivity index (χ3n) is 10.2. The van der Waals surface area contributed by atoms with E-state index >= 15 is 0 Å². The summed E-state index contributed by atoms with van der Waals surface area (Å²) in [7, 11) is 1.49. The summed E-state index contributed by atoms with van der Waals surface area (Å²) in [5, 5.41) is 0. The summed E-state index contributed by atoms with van der Waals surface area (Å²) in [6.07, 6.45) is 13.7. The van der Waals surface area contributed by atoms with E-state index in [0.29, 0.717) is 17.8 Å². The smallest absolute Gasteiger partial charge is 0.305 e. The van der Waals surface area contributed by atoms with Crippen molar-refractivity contribution >= 4 is 11.9 Å². The topological polar surface area (TPSA) is 52.6 Å². The van der Waals surface area contributed by atoms with Gasteiger partial charge in [-0.15, -0.1) is 0 Å². The zero-order valence-corrected chi connectivity index (χ0v) is 20.2. The van der Waals surface area contributed by atoms with Gasteiger partial charge < -0.3 is 9.47 Å². The summed E-state index contributed by atoms with van der Waals surface area (Å²) in [5.74, 6) is 3.45. The Morgan fingerprint density at radius 3 is 2.61 bits per heavy atom. The highest BCUT2D eigenvalue weighted by atomic mass is 16.5. The quantitative estimate of drug-likeness (QED) is 0.391. The summed E-state index contributed by atoms with van der Waals surface area (Å²) in [6.45, 7) is 8.97.